The van der Waals surface area contributed by atoms with E-state index in [9.17, 15) is 14.4 Å². The van der Waals surface area contributed by atoms with Crippen LogP contribution in [0.1, 0.15) is 12.0 Å². The van der Waals surface area contributed by atoms with Crippen molar-refractivity contribution in [3.05, 3.63) is 60.3 Å². The number of hydrogen-bond acceptors (Lipinski definition) is 5. The first-order valence-electron chi connectivity index (χ1n) is 10.4. The van der Waals surface area contributed by atoms with Crippen molar-refractivity contribution < 1.29 is 23.9 Å². The third kappa shape index (κ3) is 4.16. The van der Waals surface area contributed by atoms with Crippen LogP contribution in [0, 0.1) is 5.92 Å². The van der Waals surface area contributed by atoms with E-state index in [2.05, 4.69) is 10.3 Å². The van der Waals surface area contributed by atoms with E-state index in [1.54, 1.807) is 17.0 Å². The van der Waals surface area contributed by atoms with Gasteiger partial charge in [-0.05, 0) is 23.8 Å². The van der Waals surface area contributed by atoms with E-state index in [0.29, 0.717) is 11.4 Å². The summed E-state index contributed by atoms with van der Waals surface area (Å²) in [4.78, 5) is 42.8. The Kier molecular flexibility index (Phi) is 6.11. The number of aromatic amines is 1. The second-order valence-electron chi connectivity index (χ2n) is 7.73. The summed E-state index contributed by atoms with van der Waals surface area (Å²) in [6, 6.07) is 14.1. The van der Waals surface area contributed by atoms with Crippen LogP contribution in [0.5, 0.6) is 5.75 Å². The van der Waals surface area contributed by atoms with E-state index in [4.69, 9.17) is 9.47 Å². The summed E-state index contributed by atoms with van der Waals surface area (Å²) in [6.07, 6.45) is 2.17. The molecule has 0 aliphatic carbocycles. The first-order chi connectivity index (χ1) is 15.5. The molecular formula is C24H25N3O5. The summed E-state index contributed by atoms with van der Waals surface area (Å²) in [6.45, 7) is 0.214. The molecule has 0 radical (unpaired) electrons. The van der Waals surface area contributed by atoms with Gasteiger partial charge in [0.25, 0.3) is 0 Å². The van der Waals surface area contributed by atoms with Gasteiger partial charge in [-0.25, -0.2) is 4.79 Å². The number of para-hydroxylation sites is 3. The number of hydrogen-bond donors (Lipinski definition) is 2. The van der Waals surface area contributed by atoms with Crippen LogP contribution in [-0.4, -0.2) is 49.6 Å². The number of carbonyl (C=O) groups excluding carboxylic acids is 3. The number of H-pyrrole nitrogens is 1. The van der Waals surface area contributed by atoms with Crippen LogP contribution in [-0.2, 0) is 25.5 Å². The highest BCUT2D eigenvalue weighted by Gasteiger charge is 2.37. The van der Waals surface area contributed by atoms with Crippen LogP contribution in [0.2, 0.25) is 0 Å². The predicted octanol–water partition coefficient (Wildman–Crippen LogP) is 2.43. The zero-order chi connectivity index (χ0) is 22.7. The van der Waals surface area contributed by atoms with Gasteiger partial charge in [-0.15, -0.1) is 0 Å². The van der Waals surface area contributed by atoms with E-state index in [-0.39, 0.29) is 31.2 Å². The molecule has 1 saturated heterocycles. The third-order valence-electron chi connectivity index (χ3n) is 5.77. The molecular weight excluding hydrogens is 410 g/mol. The van der Waals surface area contributed by atoms with Gasteiger partial charge in [0.15, 0.2) is 0 Å². The fraction of sp³-hybridized carbons (Fsp3) is 0.292. The Balaban J connectivity index is 1.49. The number of anilines is 1. The van der Waals surface area contributed by atoms with Crippen molar-refractivity contribution in [1.82, 2.24) is 10.3 Å². The average Bonchev–Trinajstić information content (AvgIpc) is 3.41. The maximum Gasteiger partial charge on any atom is 0.328 e. The average molecular weight is 435 g/mol. The number of fused-ring (bicyclic) bond motifs is 1. The van der Waals surface area contributed by atoms with Crippen molar-refractivity contribution in [3.8, 4) is 5.75 Å². The molecule has 2 atom stereocenters. The van der Waals surface area contributed by atoms with Crippen LogP contribution >= 0.6 is 0 Å². The lowest BCUT2D eigenvalue weighted by molar-refractivity contribution is -0.145. The van der Waals surface area contributed by atoms with Gasteiger partial charge in [-0.3, -0.25) is 9.59 Å². The van der Waals surface area contributed by atoms with Crippen LogP contribution in [0.25, 0.3) is 10.9 Å². The van der Waals surface area contributed by atoms with E-state index in [0.717, 1.165) is 16.5 Å². The molecule has 2 heterocycles. The van der Waals surface area contributed by atoms with E-state index in [1.165, 1.54) is 14.2 Å². The zero-order valence-electron chi connectivity index (χ0n) is 18.0. The fourth-order valence-electron chi connectivity index (χ4n) is 4.11. The van der Waals surface area contributed by atoms with Crippen molar-refractivity contribution in [2.24, 2.45) is 5.92 Å². The highest BCUT2D eigenvalue weighted by Crippen LogP contribution is 2.33. The lowest BCUT2D eigenvalue weighted by atomic mass is 10.0. The van der Waals surface area contributed by atoms with Crippen molar-refractivity contribution >= 4 is 34.4 Å². The molecule has 0 unspecified atom stereocenters. The molecule has 1 aromatic heterocycles. The summed E-state index contributed by atoms with van der Waals surface area (Å²) >= 11 is 0. The Bertz CT molecular complexity index is 1160. The summed E-state index contributed by atoms with van der Waals surface area (Å²) < 4.78 is 10.3. The maximum absolute atomic E-state index is 13.0. The molecule has 1 aliphatic heterocycles. The number of nitrogens with zero attached hydrogens (tertiary/aromatic N) is 1. The Labute approximate surface area is 185 Å². The molecule has 0 spiro atoms. The number of rotatable bonds is 7. The molecule has 2 N–H and O–H groups in total. The highest BCUT2D eigenvalue weighted by molar-refractivity contribution is 6.01. The van der Waals surface area contributed by atoms with Crippen molar-refractivity contribution in [3.63, 3.8) is 0 Å². The zero-order valence-corrected chi connectivity index (χ0v) is 18.0. The van der Waals surface area contributed by atoms with Crippen LogP contribution < -0.4 is 15.0 Å². The monoisotopic (exact) mass is 435 g/mol. The van der Waals surface area contributed by atoms with Gasteiger partial charge in [0.05, 0.1) is 25.8 Å². The molecule has 32 heavy (non-hydrogen) atoms. The topological polar surface area (TPSA) is 101 Å². The van der Waals surface area contributed by atoms with Crippen LogP contribution in [0.15, 0.2) is 54.7 Å². The third-order valence-corrected chi connectivity index (χ3v) is 5.77. The van der Waals surface area contributed by atoms with Crippen LogP contribution in [0.4, 0.5) is 5.69 Å². The summed E-state index contributed by atoms with van der Waals surface area (Å²) in [7, 11) is 2.83. The highest BCUT2D eigenvalue weighted by atomic mass is 16.5. The molecule has 8 nitrogen and oxygen atoms in total. The molecule has 166 valence electrons. The number of aromatic nitrogens is 1. The second kappa shape index (κ2) is 9.13. The molecule has 4 rings (SSSR count). The van der Waals surface area contributed by atoms with Crippen LogP contribution in [0.3, 0.4) is 0 Å². The molecule has 0 bridgehead atoms. The summed E-state index contributed by atoms with van der Waals surface area (Å²) in [5, 5.41) is 3.78. The molecule has 1 aliphatic rings. The molecule has 3 aromatic rings. The van der Waals surface area contributed by atoms with Gasteiger partial charge in [-0.1, -0.05) is 30.3 Å². The number of benzene rings is 2. The van der Waals surface area contributed by atoms with Gasteiger partial charge < -0.3 is 24.7 Å². The lowest BCUT2D eigenvalue weighted by Crippen LogP contribution is -2.46. The molecule has 2 aromatic carbocycles. The minimum Gasteiger partial charge on any atom is -0.495 e. The van der Waals surface area contributed by atoms with E-state index in [1.807, 2.05) is 42.6 Å². The number of nitrogens with one attached hydrogen (secondary N) is 2. The summed E-state index contributed by atoms with van der Waals surface area (Å²) in [5.41, 5.74) is 2.47. The Hall–Kier alpha value is -3.81. The Morgan fingerprint density at radius 3 is 2.69 bits per heavy atom. The SMILES string of the molecule is COC(=O)[C@H](Cc1c[nH]c2ccccc12)NC(=O)[C@H]1CC(=O)N(c2ccccc2OC)C1. The van der Waals surface area contributed by atoms with Gasteiger partial charge in [0.1, 0.15) is 11.8 Å². The number of methoxy groups -OCH3 is 2. The number of esters is 1. The quantitative estimate of drug-likeness (QED) is 0.555. The van der Waals surface area contributed by atoms with Crippen molar-refractivity contribution in [2.45, 2.75) is 18.9 Å². The Morgan fingerprint density at radius 1 is 1.16 bits per heavy atom. The predicted molar refractivity (Wildman–Crippen MR) is 119 cm³/mol. The normalized spacial score (nSPS) is 16.8. The minimum atomic E-state index is -0.859. The molecule has 1 fully saturated rings. The van der Waals surface area contributed by atoms with E-state index >= 15 is 0 Å². The van der Waals surface area contributed by atoms with Gasteiger partial charge in [-0.2, -0.15) is 0 Å². The van der Waals surface area contributed by atoms with Gasteiger partial charge >= 0.3 is 5.97 Å². The van der Waals surface area contributed by atoms with Gasteiger partial charge in [0.2, 0.25) is 11.8 Å². The molecule has 2 amide bonds. The molecule has 0 saturated carbocycles. The smallest absolute Gasteiger partial charge is 0.328 e. The first kappa shape index (κ1) is 21.4. The number of ether oxygens (including phenoxy) is 2. The summed E-state index contributed by atoms with van der Waals surface area (Å²) in [5.74, 6) is -1.07. The maximum atomic E-state index is 13.0. The second-order valence-corrected chi connectivity index (χ2v) is 7.73. The standard InChI is InChI=1S/C24H25N3O5/c1-31-21-10-6-5-9-20(21)27-14-16(12-22(27)28)23(29)26-19(24(30)32-2)11-15-13-25-18-8-4-3-7-17(15)18/h3-10,13,16,19,25H,11-12,14H2,1-2H3,(H,26,29)/t16-,19-/m0/s1. The minimum absolute atomic E-state index is 0.0604. The van der Waals surface area contributed by atoms with Crippen molar-refractivity contribution in [1.29, 1.82) is 0 Å². The lowest BCUT2D eigenvalue weighted by Gasteiger charge is -2.21. The number of carbonyl (C=O) groups is 3. The Morgan fingerprint density at radius 2 is 1.91 bits per heavy atom. The van der Waals surface area contributed by atoms with E-state index < -0.39 is 17.9 Å². The number of amides is 2. The largest absolute Gasteiger partial charge is 0.495 e. The first-order valence-corrected chi connectivity index (χ1v) is 10.4. The van der Waals surface area contributed by atoms with Gasteiger partial charge in [0, 0.05) is 36.5 Å². The van der Waals surface area contributed by atoms with Crippen molar-refractivity contribution in [2.75, 3.05) is 25.7 Å². The fourth-order valence-corrected chi connectivity index (χ4v) is 4.11. The molecule has 8 heteroatoms.